The molecule has 1 fully saturated rings. The molecule has 0 aromatic heterocycles. The summed E-state index contributed by atoms with van der Waals surface area (Å²) in [5.74, 6) is 0. The molecule has 2 rings (SSSR count). The predicted molar refractivity (Wildman–Crippen MR) is 299 cm³/mol. The number of benzene rings is 1. The Kier molecular flexibility index (Phi) is 39.9. The van der Waals surface area contributed by atoms with Crippen molar-refractivity contribution in [3.8, 4) is 0 Å². The number of carbonyl (C=O) groups is 1. The van der Waals surface area contributed by atoms with Gasteiger partial charge in [-0.25, -0.2) is 4.79 Å². The Morgan fingerprint density at radius 1 is 0.556 bits per heavy atom. The molecule has 0 aliphatic carbocycles. The van der Waals surface area contributed by atoms with Crippen LogP contribution in [0.25, 0.3) is 0 Å². The maximum atomic E-state index is 12.7. The Balaban J connectivity index is 1.72. The van der Waals surface area contributed by atoms with E-state index in [1.165, 1.54) is 193 Å². The predicted octanol–water partition coefficient (Wildman–Crippen LogP) is 14.5. The van der Waals surface area contributed by atoms with Crippen LogP contribution in [0.2, 0.25) is 0 Å². The number of anilines is 1. The zero-order valence-electron chi connectivity index (χ0n) is 47.1. The third-order valence-corrected chi connectivity index (χ3v) is 15.1. The fourth-order valence-electron chi connectivity index (χ4n) is 10.0. The van der Waals surface area contributed by atoms with Gasteiger partial charge in [0.05, 0.1) is 24.9 Å². The van der Waals surface area contributed by atoms with Crippen LogP contribution in [0.5, 0.6) is 0 Å². The number of carbonyl (C=O) groups excluding carboxylic acids is 1. The first-order valence-corrected chi connectivity index (χ1v) is 30.3. The van der Waals surface area contributed by atoms with Gasteiger partial charge in [0, 0.05) is 5.69 Å². The Morgan fingerprint density at radius 2 is 0.944 bits per heavy atom. The second-order valence-corrected chi connectivity index (χ2v) is 22.8. The lowest BCUT2D eigenvalue weighted by atomic mass is 9.87. The van der Waals surface area contributed by atoms with Crippen LogP contribution in [-0.4, -0.2) is 100 Å². The minimum Gasteiger partial charge on any atom is -0.446 e. The molecular formula is C61H114N2O9. The number of aliphatic hydroxyl groups excluding tert-OH is 5. The van der Waals surface area contributed by atoms with Crippen molar-refractivity contribution in [2.45, 2.75) is 327 Å². The van der Waals surface area contributed by atoms with Crippen LogP contribution in [0.15, 0.2) is 24.3 Å². The lowest BCUT2D eigenvalue weighted by Crippen LogP contribution is -2.60. The maximum Gasteiger partial charge on any atom is 0.411 e. The molecule has 1 aromatic carbocycles. The van der Waals surface area contributed by atoms with Gasteiger partial charge in [-0.15, -0.1) is 0 Å². The van der Waals surface area contributed by atoms with E-state index in [0.29, 0.717) is 18.7 Å². The highest BCUT2D eigenvalue weighted by Gasteiger charge is 2.45. The van der Waals surface area contributed by atoms with E-state index in [9.17, 15) is 30.3 Å². The minimum atomic E-state index is -1.63. The van der Waals surface area contributed by atoms with Crippen LogP contribution in [0, 0.1) is 0 Å². The topological polar surface area (TPSA) is 170 Å². The molecule has 0 saturated carbocycles. The summed E-state index contributed by atoms with van der Waals surface area (Å²) in [5, 5.41) is 61.1. The standard InChI is InChI=1S/C61H114N2O9/c1-6-8-10-12-14-16-18-20-21-22-23-24-25-26-27-28-29-30-31-33-35-37-39-41-47-62-52(55(65)53(64)42-40-38-36-34-32-19-17-15-13-11-9-7-2)48-70-59-58(68)57(67)56(66)54(72-59)49-71-60(69)63-51-45-43-50(44-46-51)61(3,4)5/h43-46,52-59,62,64-68H,6-42,47-49H2,1-5H3,(H,63,69)/t52-,53+,54+,55-,56-,57-,58+,59+/m0/s1. The molecule has 11 heteroatoms. The quantitative estimate of drug-likeness (QED) is 0.0312. The van der Waals surface area contributed by atoms with Crippen molar-refractivity contribution < 1.29 is 44.5 Å². The van der Waals surface area contributed by atoms with Crippen LogP contribution in [0.3, 0.4) is 0 Å². The van der Waals surface area contributed by atoms with Gasteiger partial charge in [-0.3, -0.25) is 5.32 Å². The van der Waals surface area contributed by atoms with E-state index in [-0.39, 0.29) is 12.0 Å². The number of hydrogen-bond donors (Lipinski definition) is 7. The Labute approximate surface area is 441 Å². The summed E-state index contributed by atoms with van der Waals surface area (Å²) < 4.78 is 17.3. The van der Waals surface area contributed by atoms with Gasteiger partial charge >= 0.3 is 6.09 Å². The number of nitrogens with one attached hydrogen (secondary N) is 2. The van der Waals surface area contributed by atoms with Crippen molar-refractivity contribution in [3.63, 3.8) is 0 Å². The molecule has 1 heterocycles. The first-order chi connectivity index (χ1) is 34.9. The molecule has 1 saturated heterocycles. The highest BCUT2D eigenvalue weighted by atomic mass is 16.7. The molecule has 1 amide bonds. The second kappa shape index (κ2) is 43.3. The van der Waals surface area contributed by atoms with Gasteiger partial charge in [-0.1, -0.05) is 271 Å². The molecule has 0 radical (unpaired) electrons. The van der Waals surface area contributed by atoms with Crippen LogP contribution >= 0.6 is 0 Å². The second-order valence-electron chi connectivity index (χ2n) is 22.8. The summed E-state index contributed by atoms with van der Waals surface area (Å²) in [6.07, 6.45) is 37.0. The van der Waals surface area contributed by atoms with E-state index in [1.54, 1.807) is 12.1 Å². The number of rotatable bonds is 47. The summed E-state index contributed by atoms with van der Waals surface area (Å²) in [6.45, 7) is 11.0. The third kappa shape index (κ3) is 32.6. The van der Waals surface area contributed by atoms with Gasteiger partial charge in [-0.2, -0.15) is 0 Å². The molecule has 1 aliphatic heterocycles. The summed E-state index contributed by atoms with van der Waals surface area (Å²) in [5.41, 5.74) is 1.62. The Hall–Kier alpha value is -1.83. The van der Waals surface area contributed by atoms with Crippen molar-refractivity contribution in [2.24, 2.45) is 0 Å². The van der Waals surface area contributed by atoms with Crippen molar-refractivity contribution in [1.29, 1.82) is 0 Å². The molecule has 72 heavy (non-hydrogen) atoms. The molecular weight excluding hydrogens is 905 g/mol. The van der Waals surface area contributed by atoms with Gasteiger partial charge in [0.25, 0.3) is 0 Å². The first-order valence-electron chi connectivity index (χ1n) is 30.3. The number of ether oxygens (including phenoxy) is 3. The van der Waals surface area contributed by atoms with Crippen LogP contribution in [-0.2, 0) is 19.6 Å². The average molecular weight is 1020 g/mol. The van der Waals surface area contributed by atoms with Crippen molar-refractivity contribution in [3.05, 3.63) is 29.8 Å². The summed E-state index contributed by atoms with van der Waals surface area (Å²) in [6, 6.07) is 6.77. The third-order valence-electron chi connectivity index (χ3n) is 15.1. The number of aliphatic hydroxyl groups is 5. The molecule has 0 spiro atoms. The smallest absolute Gasteiger partial charge is 0.411 e. The van der Waals surface area contributed by atoms with Crippen molar-refractivity contribution in [1.82, 2.24) is 5.32 Å². The number of amides is 1. The normalized spacial score (nSPS) is 19.6. The molecule has 7 N–H and O–H groups in total. The Bertz CT molecular complexity index is 1380. The fourth-order valence-corrected chi connectivity index (χ4v) is 10.0. The van der Waals surface area contributed by atoms with Gasteiger partial charge in [-0.05, 0) is 42.5 Å². The molecule has 1 aliphatic rings. The fraction of sp³-hybridized carbons (Fsp3) is 0.885. The summed E-state index contributed by atoms with van der Waals surface area (Å²) >= 11 is 0. The Morgan fingerprint density at radius 3 is 1.35 bits per heavy atom. The lowest BCUT2D eigenvalue weighted by Gasteiger charge is -2.40. The molecule has 1 aromatic rings. The van der Waals surface area contributed by atoms with Crippen molar-refractivity contribution in [2.75, 3.05) is 25.1 Å². The van der Waals surface area contributed by atoms with E-state index in [1.807, 2.05) is 12.1 Å². The molecule has 11 nitrogen and oxygen atoms in total. The summed E-state index contributed by atoms with van der Waals surface area (Å²) in [4.78, 5) is 12.7. The zero-order valence-corrected chi connectivity index (χ0v) is 47.1. The van der Waals surface area contributed by atoms with E-state index in [0.717, 1.165) is 44.1 Å². The van der Waals surface area contributed by atoms with E-state index < -0.39 is 61.7 Å². The van der Waals surface area contributed by atoms with Gasteiger partial charge in [0.15, 0.2) is 6.29 Å². The zero-order chi connectivity index (χ0) is 52.5. The van der Waals surface area contributed by atoms with Gasteiger partial charge in [0.2, 0.25) is 0 Å². The summed E-state index contributed by atoms with van der Waals surface area (Å²) in [7, 11) is 0. The van der Waals surface area contributed by atoms with E-state index in [4.69, 9.17) is 14.2 Å². The monoisotopic (exact) mass is 1020 g/mol. The van der Waals surface area contributed by atoms with Gasteiger partial charge < -0.3 is 45.1 Å². The van der Waals surface area contributed by atoms with Crippen LogP contribution < -0.4 is 10.6 Å². The molecule has 0 unspecified atom stereocenters. The lowest BCUT2D eigenvalue weighted by molar-refractivity contribution is -0.302. The van der Waals surface area contributed by atoms with Crippen molar-refractivity contribution >= 4 is 11.8 Å². The van der Waals surface area contributed by atoms with E-state index >= 15 is 0 Å². The van der Waals surface area contributed by atoms with E-state index in [2.05, 4.69) is 45.3 Å². The van der Waals surface area contributed by atoms with Crippen LogP contribution in [0.1, 0.15) is 278 Å². The first kappa shape index (κ1) is 66.3. The highest BCUT2D eigenvalue weighted by Crippen LogP contribution is 2.26. The van der Waals surface area contributed by atoms with Crippen LogP contribution in [0.4, 0.5) is 10.5 Å². The van der Waals surface area contributed by atoms with Gasteiger partial charge in [0.1, 0.15) is 31.0 Å². The number of hydrogen-bond acceptors (Lipinski definition) is 10. The SMILES string of the molecule is CCCCCCCCCCCCCCCCCCCCCCCCCCN[C@@H](CO[C@@H]1O[C@H](COC(=O)Nc2ccc(C(C)(C)C)cc2)[C@H](O)[C@H](O)[C@H]1O)[C@H](O)[C@H](O)CCCCCCCCCCCCCC. The molecule has 8 atom stereocenters. The maximum absolute atomic E-state index is 12.7. The molecule has 0 bridgehead atoms. The largest absolute Gasteiger partial charge is 0.446 e. The minimum absolute atomic E-state index is 0.0401. The number of unbranched alkanes of at least 4 members (excludes halogenated alkanes) is 34. The molecule has 422 valence electrons. The average Bonchev–Trinajstić information content (AvgIpc) is 3.36. The highest BCUT2D eigenvalue weighted by molar-refractivity contribution is 5.84.